The minimum Gasteiger partial charge on any atom is -0.253 e. The Bertz CT molecular complexity index is 2160. The summed E-state index contributed by atoms with van der Waals surface area (Å²) in [6, 6.07) is 28.2. The van der Waals surface area contributed by atoms with Crippen molar-refractivity contribution in [3.8, 4) is 22.5 Å². The van der Waals surface area contributed by atoms with E-state index in [9.17, 15) is 0 Å². The molecule has 244 valence electrons. The number of nitrogens with zero attached hydrogens (tertiary/aromatic N) is 3. The number of fused-ring (bicyclic) bond motifs is 1. The highest BCUT2D eigenvalue weighted by molar-refractivity contribution is 5.93. The lowest BCUT2D eigenvalue weighted by atomic mass is 9.89. The van der Waals surface area contributed by atoms with Crippen LogP contribution in [0.1, 0.15) is 92.6 Å². The lowest BCUT2D eigenvalue weighted by molar-refractivity contribution is 0.739. The highest BCUT2D eigenvalue weighted by Gasteiger charge is 2.23. The molecule has 0 aliphatic heterocycles. The van der Waals surface area contributed by atoms with Crippen LogP contribution in [0, 0.1) is 6.92 Å². The zero-order valence-corrected chi connectivity index (χ0v) is 29.1. The van der Waals surface area contributed by atoms with Crippen molar-refractivity contribution in [2.24, 2.45) is 0 Å². The average molecular weight is 640 g/mol. The van der Waals surface area contributed by atoms with Crippen molar-refractivity contribution in [3.63, 3.8) is 0 Å². The van der Waals surface area contributed by atoms with Crippen LogP contribution in [0.4, 0.5) is 0 Å². The smallest absolute Gasteiger partial charge is 0.0973 e. The SMILES string of the molecule is C=C(/C=C(/c1cccc(-c2nc(C3=CCCCC3)c(C3=CCCC=C3)nc2-c2ccccc2)c1)c1ccc2ccc(CC)nc2c1C)CC. The van der Waals surface area contributed by atoms with Crippen LogP contribution in [-0.2, 0) is 6.42 Å². The van der Waals surface area contributed by atoms with Gasteiger partial charge in [0.2, 0.25) is 0 Å². The normalized spacial score (nSPS) is 14.9. The van der Waals surface area contributed by atoms with E-state index >= 15 is 0 Å². The summed E-state index contributed by atoms with van der Waals surface area (Å²) >= 11 is 0. The van der Waals surface area contributed by atoms with Gasteiger partial charge < -0.3 is 0 Å². The Morgan fingerprint density at radius 1 is 0.755 bits per heavy atom. The molecule has 3 nitrogen and oxygen atoms in total. The molecule has 0 spiro atoms. The fourth-order valence-corrected chi connectivity index (χ4v) is 7.02. The van der Waals surface area contributed by atoms with Crippen molar-refractivity contribution in [3.05, 3.63) is 155 Å². The molecule has 0 fully saturated rings. The standard InChI is InChI=1S/C46H45N3/c1-5-31(3)29-41(40-28-26-36-25-27-39(6-2)47-42(36)32(40)4)37-23-16-24-38(30-37)46-45(35-21-14-9-15-22-35)48-43(33-17-10-7-11-18-33)44(49-46)34-19-12-8-13-20-34/h9-10,14-19,21-30H,3,5-8,11-13,20H2,1-2,4H3/b41-29-. The van der Waals surface area contributed by atoms with Crippen LogP contribution in [0.15, 0.2) is 121 Å². The molecule has 0 bridgehead atoms. The average Bonchev–Trinajstić information content (AvgIpc) is 3.17. The van der Waals surface area contributed by atoms with Crippen LogP contribution < -0.4 is 0 Å². The molecule has 0 unspecified atom stereocenters. The minimum atomic E-state index is 0.877. The summed E-state index contributed by atoms with van der Waals surface area (Å²) in [5, 5.41) is 1.16. The van der Waals surface area contributed by atoms with Crippen molar-refractivity contribution in [1.82, 2.24) is 15.0 Å². The molecule has 2 aromatic heterocycles. The van der Waals surface area contributed by atoms with Crippen molar-refractivity contribution in [2.75, 3.05) is 0 Å². The van der Waals surface area contributed by atoms with Crippen LogP contribution in [0.3, 0.4) is 0 Å². The Kier molecular flexibility index (Phi) is 9.61. The van der Waals surface area contributed by atoms with E-state index in [-0.39, 0.29) is 0 Å². The number of pyridine rings is 1. The van der Waals surface area contributed by atoms with Gasteiger partial charge in [-0.15, -0.1) is 0 Å². The summed E-state index contributed by atoms with van der Waals surface area (Å²) < 4.78 is 0. The summed E-state index contributed by atoms with van der Waals surface area (Å²) in [7, 11) is 0. The number of benzene rings is 3. The number of hydrogen-bond acceptors (Lipinski definition) is 3. The molecular formula is C46H45N3. The second kappa shape index (κ2) is 14.5. The predicted octanol–water partition coefficient (Wildman–Crippen LogP) is 12.3. The molecule has 3 aromatic carbocycles. The second-order valence-corrected chi connectivity index (χ2v) is 13.2. The number of allylic oxidation sites excluding steroid dienone is 8. The maximum atomic E-state index is 5.59. The van der Waals surface area contributed by atoms with Gasteiger partial charge in [-0.05, 0) is 104 Å². The van der Waals surface area contributed by atoms with Gasteiger partial charge in [-0.2, -0.15) is 0 Å². The summed E-state index contributed by atoms with van der Waals surface area (Å²) in [5.41, 5.74) is 16.3. The third-order valence-corrected chi connectivity index (χ3v) is 9.88. The van der Waals surface area contributed by atoms with Gasteiger partial charge in [-0.25, -0.2) is 9.97 Å². The Labute approximate surface area is 291 Å². The van der Waals surface area contributed by atoms with E-state index in [1.165, 1.54) is 35.1 Å². The van der Waals surface area contributed by atoms with E-state index in [0.717, 1.165) is 106 Å². The lowest BCUT2D eigenvalue weighted by Gasteiger charge is -2.21. The van der Waals surface area contributed by atoms with Gasteiger partial charge in [0, 0.05) is 22.2 Å². The molecule has 49 heavy (non-hydrogen) atoms. The van der Waals surface area contributed by atoms with E-state index in [1.54, 1.807) is 0 Å². The van der Waals surface area contributed by atoms with Crippen LogP contribution in [0.5, 0.6) is 0 Å². The van der Waals surface area contributed by atoms with E-state index in [0.29, 0.717) is 0 Å². The first-order valence-corrected chi connectivity index (χ1v) is 18.0. The second-order valence-electron chi connectivity index (χ2n) is 13.2. The zero-order chi connectivity index (χ0) is 33.7. The number of hydrogen-bond donors (Lipinski definition) is 0. The van der Waals surface area contributed by atoms with E-state index in [1.807, 2.05) is 0 Å². The van der Waals surface area contributed by atoms with Gasteiger partial charge in [-0.3, -0.25) is 4.98 Å². The number of aromatic nitrogens is 3. The molecule has 2 aliphatic carbocycles. The van der Waals surface area contributed by atoms with Crippen molar-refractivity contribution in [1.29, 1.82) is 0 Å². The highest BCUT2D eigenvalue weighted by Crippen LogP contribution is 2.39. The van der Waals surface area contributed by atoms with E-state index < -0.39 is 0 Å². The molecule has 2 heterocycles. The first kappa shape index (κ1) is 32.4. The maximum absolute atomic E-state index is 5.59. The van der Waals surface area contributed by atoms with Crippen LogP contribution in [0.25, 0.3) is 50.1 Å². The molecule has 7 rings (SSSR count). The molecule has 0 saturated carbocycles. The third-order valence-electron chi connectivity index (χ3n) is 9.88. The van der Waals surface area contributed by atoms with E-state index in [2.05, 4.69) is 137 Å². The third kappa shape index (κ3) is 6.76. The summed E-state index contributed by atoms with van der Waals surface area (Å²) in [6.07, 6.45) is 19.9. The molecule has 3 heteroatoms. The molecule has 0 amide bonds. The molecule has 2 aliphatic rings. The van der Waals surface area contributed by atoms with Gasteiger partial charge in [0.15, 0.2) is 0 Å². The minimum absolute atomic E-state index is 0.877. The summed E-state index contributed by atoms with van der Waals surface area (Å²) in [4.78, 5) is 16.2. The number of aryl methyl sites for hydroxylation is 2. The van der Waals surface area contributed by atoms with Crippen LogP contribution >= 0.6 is 0 Å². The van der Waals surface area contributed by atoms with Gasteiger partial charge in [-0.1, -0.05) is 123 Å². The zero-order valence-electron chi connectivity index (χ0n) is 29.1. The van der Waals surface area contributed by atoms with Gasteiger partial charge in [0.1, 0.15) is 0 Å². The highest BCUT2D eigenvalue weighted by atomic mass is 14.9. The maximum Gasteiger partial charge on any atom is 0.0973 e. The van der Waals surface area contributed by atoms with Crippen molar-refractivity contribution >= 4 is 27.6 Å². The fraction of sp³-hybridized carbons (Fsp3) is 0.239. The summed E-state index contributed by atoms with van der Waals surface area (Å²) in [6.45, 7) is 10.9. The molecule has 0 radical (unpaired) electrons. The molecule has 5 aromatic rings. The Morgan fingerprint density at radius 3 is 2.31 bits per heavy atom. The van der Waals surface area contributed by atoms with Crippen LogP contribution in [0.2, 0.25) is 0 Å². The lowest BCUT2D eigenvalue weighted by Crippen LogP contribution is -2.07. The Hall–Kier alpha value is -5.15. The summed E-state index contributed by atoms with van der Waals surface area (Å²) in [5.74, 6) is 0. The first-order chi connectivity index (χ1) is 24.0. The largest absolute Gasteiger partial charge is 0.253 e. The molecular weight excluding hydrogens is 595 g/mol. The van der Waals surface area contributed by atoms with Gasteiger partial charge in [0.25, 0.3) is 0 Å². The first-order valence-electron chi connectivity index (χ1n) is 18.0. The Morgan fingerprint density at radius 2 is 1.55 bits per heavy atom. The van der Waals surface area contributed by atoms with Gasteiger partial charge >= 0.3 is 0 Å². The predicted molar refractivity (Wildman–Crippen MR) is 208 cm³/mol. The topological polar surface area (TPSA) is 38.7 Å². The quantitative estimate of drug-likeness (QED) is 0.151. The van der Waals surface area contributed by atoms with Gasteiger partial charge in [0.05, 0.1) is 28.3 Å². The molecule has 0 atom stereocenters. The number of rotatable bonds is 9. The van der Waals surface area contributed by atoms with Crippen molar-refractivity contribution < 1.29 is 0 Å². The Balaban J connectivity index is 1.44. The molecule has 0 saturated heterocycles. The van der Waals surface area contributed by atoms with Crippen LogP contribution in [-0.4, -0.2) is 15.0 Å². The van der Waals surface area contributed by atoms with Crippen molar-refractivity contribution in [2.45, 2.75) is 72.1 Å². The molecule has 0 N–H and O–H groups in total. The van der Waals surface area contributed by atoms with E-state index in [4.69, 9.17) is 15.0 Å². The monoisotopic (exact) mass is 639 g/mol. The fourth-order valence-electron chi connectivity index (χ4n) is 7.02.